The van der Waals surface area contributed by atoms with E-state index in [1.54, 1.807) is 0 Å². The summed E-state index contributed by atoms with van der Waals surface area (Å²) in [5.41, 5.74) is 15.3. The summed E-state index contributed by atoms with van der Waals surface area (Å²) < 4.78 is 6.80. The van der Waals surface area contributed by atoms with Crippen LogP contribution in [0.1, 0.15) is 51.7 Å². The zero-order valence-corrected chi connectivity index (χ0v) is 30.4. The lowest BCUT2D eigenvalue weighted by Crippen LogP contribution is -2.33. The Morgan fingerprint density at radius 3 is 1.62 bits per heavy atom. The minimum Gasteiger partial charge on any atom is -0.456 e. The smallest absolute Gasteiger partial charge is 0.137 e. The Kier molecular flexibility index (Phi) is 7.66. The third-order valence-electron chi connectivity index (χ3n) is 11.3. The van der Waals surface area contributed by atoms with Gasteiger partial charge in [-0.2, -0.15) is 0 Å². The van der Waals surface area contributed by atoms with Crippen molar-refractivity contribution in [1.82, 2.24) is 0 Å². The second-order valence-corrected chi connectivity index (χ2v) is 15.7. The van der Waals surface area contributed by atoms with Crippen LogP contribution >= 0.6 is 0 Å². The van der Waals surface area contributed by atoms with Crippen LogP contribution in [0.5, 0.6) is 0 Å². The minimum atomic E-state index is 0.115. The van der Waals surface area contributed by atoms with Crippen LogP contribution < -0.4 is 4.90 Å². The van der Waals surface area contributed by atoms with E-state index in [-0.39, 0.29) is 10.8 Å². The molecule has 0 N–H and O–H groups in total. The van der Waals surface area contributed by atoms with Gasteiger partial charge in [0.15, 0.2) is 0 Å². The van der Waals surface area contributed by atoms with Crippen molar-refractivity contribution in [3.63, 3.8) is 0 Å². The molecular formula is C50H43NO. The van der Waals surface area contributed by atoms with Gasteiger partial charge >= 0.3 is 0 Å². The first-order chi connectivity index (χ1) is 25.2. The summed E-state index contributed by atoms with van der Waals surface area (Å²) in [6, 6.07) is 59.3. The van der Waals surface area contributed by atoms with E-state index in [4.69, 9.17) is 4.42 Å². The number of benzene rings is 7. The third kappa shape index (κ3) is 5.60. The number of hydrogen-bond donors (Lipinski definition) is 0. The molecule has 254 valence electrons. The zero-order chi connectivity index (χ0) is 35.5. The highest BCUT2D eigenvalue weighted by molar-refractivity contribution is 6.07. The standard InChI is InChI=1S/C50H43NO/c1-49(2)27-28-50(3,4)45-33-48-43(32-44(45)49)41-25-24-40(31-47(41)52-48)51(39-22-14-21-37(29-39)34-15-8-5-9-16-34)46-26-23-38(35-17-10-6-11-18-35)30-42(46)36-19-12-7-13-20-36/h5-26,29-33H,27-28H2,1-4H3. The third-order valence-corrected chi connectivity index (χ3v) is 11.3. The normalized spacial score (nSPS) is 14.7. The first-order valence-corrected chi connectivity index (χ1v) is 18.5. The van der Waals surface area contributed by atoms with Crippen molar-refractivity contribution in [2.75, 3.05) is 4.90 Å². The van der Waals surface area contributed by atoms with Crippen LogP contribution in [0.3, 0.4) is 0 Å². The molecule has 2 nitrogen and oxygen atoms in total. The molecule has 0 amide bonds. The van der Waals surface area contributed by atoms with E-state index in [0.29, 0.717) is 0 Å². The van der Waals surface area contributed by atoms with Gasteiger partial charge in [-0.25, -0.2) is 0 Å². The summed E-state index contributed by atoms with van der Waals surface area (Å²) in [4.78, 5) is 2.40. The highest BCUT2D eigenvalue weighted by Gasteiger charge is 2.37. The van der Waals surface area contributed by atoms with Gasteiger partial charge < -0.3 is 9.32 Å². The van der Waals surface area contributed by atoms with Crippen molar-refractivity contribution < 1.29 is 4.42 Å². The molecule has 2 heteroatoms. The predicted molar refractivity (Wildman–Crippen MR) is 220 cm³/mol. The molecule has 1 aromatic heterocycles. The Balaban J connectivity index is 1.27. The molecule has 0 spiro atoms. The van der Waals surface area contributed by atoms with Crippen molar-refractivity contribution >= 4 is 39.0 Å². The van der Waals surface area contributed by atoms with Gasteiger partial charge in [0.2, 0.25) is 0 Å². The van der Waals surface area contributed by atoms with E-state index in [2.05, 4.69) is 196 Å². The molecule has 52 heavy (non-hydrogen) atoms. The lowest BCUT2D eigenvalue weighted by atomic mass is 9.63. The van der Waals surface area contributed by atoms with Crippen LogP contribution in [0.4, 0.5) is 17.1 Å². The number of rotatable bonds is 6. The second kappa shape index (κ2) is 12.4. The summed E-state index contributed by atoms with van der Waals surface area (Å²) in [6.07, 6.45) is 2.36. The van der Waals surface area contributed by atoms with Gasteiger partial charge in [-0.05, 0) is 111 Å². The fourth-order valence-corrected chi connectivity index (χ4v) is 8.24. The van der Waals surface area contributed by atoms with E-state index in [1.165, 1.54) is 57.2 Å². The highest BCUT2D eigenvalue weighted by Crippen LogP contribution is 2.49. The molecule has 0 fully saturated rings. The first kappa shape index (κ1) is 32.1. The van der Waals surface area contributed by atoms with E-state index in [9.17, 15) is 0 Å². The molecule has 0 saturated carbocycles. The molecule has 8 aromatic rings. The van der Waals surface area contributed by atoms with Crippen LogP contribution in [0, 0.1) is 0 Å². The van der Waals surface area contributed by atoms with Crippen molar-refractivity contribution in [2.45, 2.75) is 51.4 Å². The number of anilines is 3. The summed E-state index contributed by atoms with van der Waals surface area (Å²) in [5, 5.41) is 2.35. The van der Waals surface area contributed by atoms with Gasteiger partial charge in [0, 0.05) is 33.8 Å². The number of furan rings is 1. The van der Waals surface area contributed by atoms with Gasteiger partial charge in [-0.1, -0.05) is 137 Å². The number of hydrogen-bond acceptors (Lipinski definition) is 2. The van der Waals surface area contributed by atoms with Crippen molar-refractivity contribution in [3.05, 3.63) is 175 Å². The molecule has 0 radical (unpaired) electrons. The minimum absolute atomic E-state index is 0.115. The van der Waals surface area contributed by atoms with Gasteiger partial charge in [0.25, 0.3) is 0 Å². The first-order valence-electron chi connectivity index (χ1n) is 18.5. The maximum Gasteiger partial charge on any atom is 0.137 e. The quantitative estimate of drug-likeness (QED) is 0.175. The van der Waals surface area contributed by atoms with Crippen LogP contribution in [0.2, 0.25) is 0 Å². The topological polar surface area (TPSA) is 16.4 Å². The van der Waals surface area contributed by atoms with Gasteiger partial charge in [0.1, 0.15) is 11.2 Å². The Morgan fingerprint density at radius 2 is 0.962 bits per heavy atom. The monoisotopic (exact) mass is 673 g/mol. The average molecular weight is 674 g/mol. The SMILES string of the molecule is CC1(C)CCC(C)(C)c2cc3c(cc21)oc1cc(N(c2cccc(-c4ccccc4)c2)c2ccc(-c4ccccc4)cc2-c2ccccc2)ccc13. The molecule has 1 aliphatic rings. The molecule has 0 bridgehead atoms. The fraction of sp³-hybridized carbons (Fsp3) is 0.160. The molecule has 0 atom stereocenters. The molecule has 0 aliphatic heterocycles. The van der Waals surface area contributed by atoms with Crippen LogP contribution in [-0.4, -0.2) is 0 Å². The van der Waals surface area contributed by atoms with Gasteiger partial charge in [-0.3, -0.25) is 0 Å². The maximum atomic E-state index is 6.80. The number of fused-ring (bicyclic) bond motifs is 4. The van der Waals surface area contributed by atoms with Crippen molar-refractivity contribution in [3.8, 4) is 33.4 Å². The highest BCUT2D eigenvalue weighted by atomic mass is 16.3. The predicted octanol–water partition coefficient (Wildman–Crippen LogP) is 14.4. The van der Waals surface area contributed by atoms with Gasteiger partial charge in [0.05, 0.1) is 5.69 Å². The Bertz CT molecular complexity index is 2560. The summed E-state index contributed by atoms with van der Waals surface area (Å²) in [5.74, 6) is 0. The molecule has 1 aliphatic carbocycles. The molecule has 0 saturated heterocycles. The van der Waals surface area contributed by atoms with Crippen LogP contribution in [0.15, 0.2) is 168 Å². The molecule has 1 heterocycles. The summed E-state index contributed by atoms with van der Waals surface area (Å²) in [7, 11) is 0. The molecule has 9 rings (SSSR count). The fourth-order valence-electron chi connectivity index (χ4n) is 8.24. The van der Waals surface area contributed by atoms with Crippen molar-refractivity contribution in [1.29, 1.82) is 0 Å². The average Bonchev–Trinajstić information content (AvgIpc) is 3.55. The maximum absolute atomic E-state index is 6.80. The van der Waals surface area contributed by atoms with E-state index in [0.717, 1.165) is 39.2 Å². The van der Waals surface area contributed by atoms with E-state index >= 15 is 0 Å². The Hall–Kier alpha value is -5.86. The second-order valence-electron chi connectivity index (χ2n) is 15.7. The summed E-state index contributed by atoms with van der Waals surface area (Å²) in [6.45, 7) is 9.54. The lowest BCUT2D eigenvalue weighted by molar-refractivity contribution is 0.332. The van der Waals surface area contributed by atoms with Crippen LogP contribution in [0.25, 0.3) is 55.3 Å². The van der Waals surface area contributed by atoms with E-state index < -0.39 is 0 Å². The van der Waals surface area contributed by atoms with Crippen molar-refractivity contribution in [2.24, 2.45) is 0 Å². The molecule has 0 unspecified atom stereocenters. The van der Waals surface area contributed by atoms with Crippen LogP contribution in [-0.2, 0) is 10.8 Å². The summed E-state index contributed by atoms with van der Waals surface area (Å²) >= 11 is 0. The molecular weight excluding hydrogens is 631 g/mol. The number of nitrogens with zero attached hydrogens (tertiary/aromatic N) is 1. The Labute approximate surface area is 307 Å². The Morgan fingerprint density at radius 1 is 0.423 bits per heavy atom. The lowest BCUT2D eigenvalue weighted by Gasteiger charge is -2.41. The van der Waals surface area contributed by atoms with Gasteiger partial charge in [-0.15, -0.1) is 0 Å². The zero-order valence-electron chi connectivity index (χ0n) is 30.4. The van der Waals surface area contributed by atoms with E-state index in [1.807, 2.05) is 0 Å². The molecule has 7 aromatic carbocycles. The largest absolute Gasteiger partial charge is 0.456 e.